The fourth-order valence-corrected chi connectivity index (χ4v) is 5.16. The van der Waals surface area contributed by atoms with E-state index in [0.29, 0.717) is 43.7 Å². The molecule has 2 aromatic carbocycles. The second kappa shape index (κ2) is 12.5. The van der Waals surface area contributed by atoms with Gasteiger partial charge in [0.1, 0.15) is 23.1 Å². The summed E-state index contributed by atoms with van der Waals surface area (Å²) < 4.78 is 17.4. The molecule has 1 saturated heterocycles. The maximum absolute atomic E-state index is 11.8. The number of hydrogen-bond donors (Lipinski definition) is 1. The van der Waals surface area contributed by atoms with Crippen LogP contribution < -0.4 is 14.8 Å². The summed E-state index contributed by atoms with van der Waals surface area (Å²) in [7, 11) is 0. The molecule has 1 saturated carbocycles. The lowest BCUT2D eigenvalue weighted by Crippen LogP contribution is -2.44. The molecule has 0 spiro atoms. The van der Waals surface area contributed by atoms with Gasteiger partial charge in [0.05, 0.1) is 31.9 Å². The molecular weight excluding hydrogens is 480 g/mol. The highest BCUT2D eigenvalue weighted by atomic mass is 16.5. The molecule has 0 radical (unpaired) electrons. The van der Waals surface area contributed by atoms with E-state index in [1.54, 1.807) is 0 Å². The number of morpholine rings is 1. The lowest BCUT2D eigenvalue weighted by Gasteiger charge is -2.33. The predicted octanol–water partition coefficient (Wildman–Crippen LogP) is 5.11. The molecule has 3 aromatic rings. The van der Waals surface area contributed by atoms with Crippen molar-refractivity contribution in [3.63, 3.8) is 0 Å². The molecule has 5 rings (SSSR count). The SMILES string of the molecule is CCOc1ccc2nc(-c3cccc(OCCCN4CCOCC4C)c3)nc(NC3CCC(=O)CC3)c2c1. The molecule has 8 heteroatoms. The van der Waals surface area contributed by atoms with E-state index >= 15 is 0 Å². The van der Waals surface area contributed by atoms with Crippen molar-refractivity contribution in [1.82, 2.24) is 14.9 Å². The van der Waals surface area contributed by atoms with E-state index in [1.807, 2.05) is 49.4 Å². The second-order valence-corrected chi connectivity index (χ2v) is 10.2. The van der Waals surface area contributed by atoms with E-state index < -0.39 is 0 Å². The third-order valence-electron chi connectivity index (χ3n) is 7.32. The molecule has 1 aliphatic carbocycles. The fourth-order valence-electron chi connectivity index (χ4n) is 5.16. The lowest BCUT2D eigenvalue weighted by molar-refractivity contribution is -0.120. The number of anilines is 1. The molecule has 2 fully saturated rings. The normalized spacial score (nSPS) is 19.0. The van der Waals surface area contributed by atoms with Crippen molar-refractivity contribution in [2.75, 3.05) is 44.8 Å². The molecule has 38 heavy (non-hydrogen) atoms. The van der Waals surface area contributed by atoms with E-state index in [-0.39, 0.29) is 6.04 Å². The number of carbonyl (C=O) groups is 1. The smallest absolute Gasteiger partial charge is 0.162 e. The van der Waals surface area contributed by atoms with Gasteiger partial charge in [0.25, 0.3) is 0 Å². The number of aromatic nitrogens is 2. The Balaban J connectivity index is 1.33. The topological polar surface area (TPSA) is 85.8 Å². The molecule has 1 unspecified atom stereocenters. The molecule has 1 N–H and O–H groups in total. The van der Waals surface area contributed by atoms with Crippen molar-refractivity contribution in [2.45, 2.75) is 58.0 Å². The highest BCUT2D eigenvalue weighted by molar-refractivity contribution is 5.92. The average Bonchev–Trinajstić information content (AvgIpc) is 2.94. The van der Waals surface area contributed by atoms with E-state index in [0.717, 1.165) is 79.3 Å². The number of carbonyl (C=O) groups excluding carboxylic acids is 1. The van der Waals surface area contributed by atoms with Crippen LogP contribution in [0.25, 0.3) is 22.3 Å². The molecule has 1 aliphatic heterocycles. The van der Waals surface area contributed by atoms with Crippen LogP contribution >= 0.6 is 0 Å². The Kier molecular flexibility index (Phi) is 8.71. The van der Waals surface area contributed by atoms with Gasteiger partial charge < -0.3 is 19.5 Å². The summed E-state index contributed by atoms with van der Waals surface area (Å²) in [5.74, 6) is 3.36. The summed E-state index contributed by atoms with van der Waals surface area (Å²) in [6.07, 6.45) is 3.82. The first kappa shape index (κ1) is 26.4. The third-order valence-corrected chi connectivity index (χ3v) is 7.32. The van der Waals surface area contributed by atoms with Gasteiger partial charge in [0, 0.05) is 49.0 Å². The number of benzene rings is 2. The van der Waals surface area contributed by atoms with Crippen LogP contribution in [0.15, 0.2) is 42.5 Å². The molecule has 0 amide bonds. The summed E-state index contributed by atoms with van der Waals surface area (Å²) in [4.78, 5) is 24.1. The Labute approximate surface area is 224 Å². The lowest BCUT2D eigenvalue weighted by atomic mass is 9.94. The van der Waals surface area contributed by atoms with Crippen LogP contribution in [0.2, 0.25) is 0 Å². The van der Waals surface area contributed by atoms with E-state index in [2.05, 4.69) is 17.1 Å². The number of nitrogens with one attached hydrogen (secondary N) is 1. The van der Waals surface area contributed by atoms with Gasteiger partial charge in [0.2, 0.25) is 0 Å². The van der Waals surface area contributed by atoms with Crippen molar-refractivity contribution < 1.29 is 19.0 Å². The molecule has 8 nitrogen and oxygen atoms in total. The Morgan fingerprint density at radius 2 is 1.92 bits per heavy atom. The van der Waals surface area contributed by atoms with Crippen molar-refractivity contribution in [3.05, 3.63) is 42.5 Å². The van der Waals surface area contributed by atoms with Crippen molar-refractivity contribution in [1.29, 1.82) is 0 Å². The molecular formula is C30H38N4O4. The van der Waals surface area contributed by atoms with E-state index in [4.69, 9.17) is 24.2 Å². The molecule has 1 atom stereocenters. The third kappa shape index (κ3) is 6.60. The first-order chi connectivity index (χ1) is 18.6. The number of rotatable bonds is 10. The average molecular weight is 519 g/mol. The quantitative estimate of drug-likeness (QED) is 0.371. The minimum Gasteiger partial charge on any atom is -0.494 e. The maximum Gasteiger partial charge on any atom is 0.162 e. The standard InChI is InChI=1S/C30H38N4O4/c1-3-37-26-12-13-28-27(19-26)30(31-23-8-10-24(35)11-9-23)33-29(32-28)22-6-4-7-25(18-22)38-16-5-14-34-15-17-36-20-21(34)2/h4,6-7,12-13,18-19,21,23H,3,5,8-11,14-17,20H2,1-2H3,(H,31,32,33). The number of hydrogen-bond acceptors (Lipinski definition) is 8. The largest absolute Gasteiger partial charge is 0.494 e. The number of fused-ring (bicyclic) bond motifs is 1. The number of ether oxygens (including phenoxy) is 3. The molecule has 0 bridgehead atoms. The minimum absolute atomic E-state index is 0.207. The van der Waals surface area contributed by atoms with Gasteiger partial charge in [-0.15, -0.1) is 0 Å². The van der Waals surface area contributed by atoms with Crippen LogP contribution in [0.3, 0.4) is 0 Å². The Morgan fingerprint density at radius 3 is 2.74 bits per heavy atom. The molecule has 2 heterocycles. The minimum atomic E-state index is 0.207. The second-order valence-electron chi connectivity index (χ2n) is 10.2. The highest BCUT2D eigenvalue weighted by Crippen LogP contribution is 2.31. The van der Waals surface area contributed by atoms with Gasteiger partial charge in [-0.05, 0) is 63.4 Å². The fraction of sp³-hybridized carbons (Fsp3) is 0.500. The Morgan fingerprint density at radius 1 is 1.08 bits per heavy atom. The zero-order chi connectivity index (χ0) is 26.3. The van der Waals surface area contributed by atoms with Gasteiger partial charge in [-0.25, -0.2) is 9.97 Å². The number of nitrogens with zero attached hydrogens (tertiary/aromatic N) is 3. The monoisotopic (exact) mass is 518 g/mol. The van der Waals surface area contributed by atoms with Gasteiger partial charge in [-0.1, -0.05) is 12.1 Å². The Hall–Kier alpha value is -3.23. The molecule has 202 valence electrons. The van der Waals surface area contributed by atoms with Crippen LogP contribution in [-0.4, -0.2) is 72.3 Å². The van der Waals surface area contributed by atoms with Crippen LogP contribution in [0.1, 0.15) is 46.0 Å². The van der Waals surface area contributed by atoms with Crippen LogP contribution in [0.4, 0.5) is 5.82 Å². The summed E-state index contributed by atoms with van der Waals surface area (Å²) >= 11 is 0. The summed E-state index contributed by atoms with van der Waals surface area (Å²) in [6, 6.07) is 14.6. The molecule has 2 aliphatic rings. The zero-order valence-corrected chi connectivity index (χ0v) is 22.4. The predicted molar refractivity (Wildman–Crippen MR) is 149 cm³/mol. The van der Waals surface area contributed by atoms with Crippen LogP contribution in [0.5, 0.6) is 11.5 Å². The van der Waals surface area contributed by atoms with E-state index in [9.17, 15) is 4.79 Å². The summed E-state index contributed by atoms with van der Waals surface area (Å²) in [5.41, 5.74) is 1.75. The number of Topliss-reactive ketones (excluding diaryl/α,β-unsaturated/α-hetero) is 1. The van der Waals surface area contributed by atoms with Crippen molar-refractivity contribution in [2.24, 2.45) is 0 Å². The Bertz CT molecular complexity index is 1240. The first-order valence-electron chi connectivity index (χ1n) is 13.9. The summed E-state index contributed by atoms with van der Waals surface area (Å²) in [6.45, 7) is 9.02. The van der Waals surface area contributed by atoms with Crippen LogP contribution in [-0.2, 0) is 9.53 Å². The molecule has 1 aromatic heterocycles. The maximum atomic E-state index is 11.8. The van der Waals surface area contributed by atoms with Crippen molar-refractivity contribution >= 4 is 22.5 Å². The first-order valence-corrected chi connectivity index (χ1v) is 13.9. The van der Waals surface area contributed by atoms with Gasteiger partial charge in [-0.3, -0.25) is 9.69 Å². The van der Waals surface area contributed by atoms with E-state index in [1.165, 1.54) is 0 Å². The van der Waals surface area contributed by atoms with Gasteiger partial charge in [0.15, 0.2) is 5.82 Å². The zero-order valence-electron chi connectivity index (χ0n) is 22.4. The van der Waals surface area contributed by atoms with Gasteiger partial charge >= 0.3 is 0 Å². The summed E-state index contributed by atoms with van der Waals surface area (Å²) in [5, 5.41) is 4.53. The van der Waals surface area contributed by atoms with Crippen LogP contribution in [0, 0.1) is 0 Å². The van der Waals surface area contributed by atoms with Gasteiger partial charge in [-0.2, -0.15) is 0 Å². The number of ketones is 1. The highest BCUT2D eigenvalue weighted by Gasteiger charge is 2.21. The van der Waals surface area contributed by atoms with Crippen molar-refractivity contribution in [3.8, 4) is 22.9 Å².